The molecule has 1 heterocycles. The first-order chi connectivity index (χ1) is 9.11. The third kappa shape index (κ3) is 2.35. The number of aromatic nitrogens is 1. The van der Waals surface area contributed by atoms with Crippen LogP contribution in [-0.2, 0) is 11.3 Å². The zero-order valence-electron chi connectivity index (χ0n) is 9.83. The van der Waals surface area contributed by atoms with Gasteiger partial charge in [-0.05, 0) is 42.5 Å². The number of nitrogens with zero attached hydrogens (tertiary/aromatic N) is 1. The SMILES string of the molecule is Nc1ccc2nc3ccc(NS(=O)O)cc3cc2c1. The average molecular weight is 273 g/mol. The van der Waals surface area contributed by atoms with Crippen LogP contribution in [0.5, 0.6) is 0 Å². The van der Waals surface area contributed by atoms with E-state index >= 15 is 0 Å². The van der Waals surface area contributed by atoms with Gasteiger partial charge in [-0.1, -0.05) is 0 Å². The quantitative estimate of drug-likeness (QED) is 0.380. The van der Waals surface area contributed by atoms with E-state index in [1.807, 2.05) is 24.3 Å². The normalized spacial score (nSPS) is 12.7. The van der Waals surface area contributed by atoms with E-state index in [2.05, 4.69) is 9.71 Å². The number of nitrogens with one attached hydrogen (secondary N) is 1. The second kappa shape index (κ2) is 4.49. The van der Waals surface area contributed by atoms with Crippen molar-refractivity contribution in [1.82, 2.24) is 4.98 Å². The predicted octanol–water partition coefficient (Wildman–Crippen LogP) is 2.52. The van der Waals surface area contributed by atoms with Crippen LogP contribution in [0.4, 0.5) is 11.4 Å². The molecule has 0 aliphatic carbocycles. The van der Waals surface area contributed by atoms with Crippen molar-refractivity contribution in [3.63, 3.8) is 0 Å². The highest BCUT2D eigenvalue weighted by Crippen LogP contribution is 2.24. The van der Waals surface area contributed by atoms with Crippen molar-refractivity contribution in [2.45, 2.75) is 0 Å². The van der Waals surface area contributed by atoms with Crippen LogP contribution >= 0.6 is 0 Å². The van der Waals surface area contributed by atoms with Crippen LogP contribution in [-0.4, -0.2) is 13.7 Å². The van der Waals surface area contributed by atoms with Gasteiger partial charge in [0.2, 0.25) is 0 Å². The highest BCUT2D eigenvalue weighted by atomic mass is 32.2. The number of fused-ring (bicyclic) bond motifs is 2. The van der Waals surface area contributed by atoms with Gasteiger partial charge in [-0.15, -0.1) is 0 Å². The molecule has 1 atom stereocenters. The van der Waals surface area contributed by atoms with Gasteiger partial charge >= 0.3 is 0 Å². The van der Waals surface area contributed by atoms with Gasteiger partial charge in [-0.25, -0.2) is 9.19 Å². The molecule has 1 unspecified atom stereocenters. The lowest BCUT2D eigenvalue weighted by molar-refractivity contribution is 0.570. The lowest BCUT2D eigenvalue weighted by Gasteiger charge is -2.05. The number of benzene rings is 2. The first-order valence-corrected chi connectivity index (χ1v) is 6.70. The molecular formula is C13H11N3O2S. The number of nitrogen functional groups attached to an aromatic ring is 1. The Kier molecular flexibility index (Phi) is 2.81. The molecule has 1 aromatic heterocycles. The van der Waals surface area contributed by atoms with E-state index in [0.29, 0.717) is 11.4 Å². The maximum Gasteiger partial charge on any atom is 0.259 e. The predicted molar refractivity (Wildman–Crippen MR) is 78.1 cm³/mol. The summed E-state index contributed by atoms with van der Waals surface area (Å²) in [6.07, 6.45) is 0. The fraction of sp³-hybridized carbons (Fsp3) is 0. The largest absolute Gasteiger partial charge is 0.399 e. The summed E-state index contributed by atoms with van der Waals surface area (Å²) >= 11 is -2.08. The summed E-state index contributed by atoms with van der Waals surface area (Å²) in [4.78, 5) is 4.52. The van der Waals surface area contributed by atoms with Crippen LogP contribution in [0, 0.1) is 0 Å². The van der Waals surface area contributed by atoms with Crippen molar-refractivity contribution in [1.29, 1.82) is 0 Å². The van der Waals surface area contributed by atoms with Crippen LogP contribution in [0.1, 0.15) is 0 Å². The molecule has 6 heteroatoms. The van der Waals surface area contributed by atoms with E-state index in [-0.39, 0.29) is 0 Å². The van der Waals surface area contributed by atoms with Crippen LogP contribution in [0.15, 0.2) is 42.5 Å². The molecular weight excluding hydrogens is 262 g/mol. The fourth-order valence-electron chi connectivity index (χ4n) is 2.02. The Morgan fingerprint density at radius 2 is 1.74 bits per heavy atom. The molecule has 0 aliphatic heterocycles. The standard InChI is InChI=1S/C13H11N3O2S/c14-10-1-3-12-8(6-10)5-9-7-11(16-19(17)18)2-4-13(9)15-12/h1-7,16H,14H2,(H,17,18). The first-order valence-electron chi connectivity index (χ1n) is 5.59. The monoisotopic (exact) mass is 273 g/mol. The summed E-state index contributed by atoms with van der Waals surface area (Å²) in [6, 6.07) is 12.8. The Labute approximate surface area is 111 Å². The number of anilines is 2. The van der Waals surface area contributed by atoms with Crippen molar-refractivity contribution in [3.8, 4) is 0 Å². The number of rotatable bonds is 2. The van der Waals surface area contributed by atoms with E-state index in [9.17, 15) is 4.21 Å². The molecule has 4 N–H and O–H groups in total. The first kappa shape index (κ1) is 11.9. The maximum absolute atomic E-state index is 10.7. The molecule has 5 nitrogen and oxygen atoms in total. The molecule has 0 radical (unpaired) electrons. The zero-order chi connectivity index (χ0) is 13.4. The molecule has 0 aliphatic rings. The number of pyridine rings is 1. The second-order valence-electron chi connectivity index (χ2n) is 4.20. The minimum atomic E-state index is -2.08. The highest BCUT2D eigenvalue weighted by molar-refractivity contribution is 7.80. The Morgan fingerprint density at radius 1 is 1.05 bits per heavy atom. The van der Waals surface area contributed by atoms with Crippen molar-refractivity contribution in [3.05, 3.63) is 42.5 Å². The summed E-state index contributed by atoms with van der Waals surface area (Å²) in [5.41, 5.74) is 8.69. The van der Waals surface area contributed by atoms with E-state index < -0.39 is 11.3 Å². The van der Waals surface area contributed by atoms with Gasteiger partial charge in [0.15, 0.2) is 0 Å². The van der Waals surface area contributed by atoms with Crippen molar-refractivity contribution < 1.29 is 8.76 Å². The molecule has 0 saturated heterocycles. The molecule has 96 valence electrons. The minimum Gasteiger partial charge on any atom is -0.399 e. The number of hydrogen-bond donors (Lipinski definition) is 3. The number of hydrogen-bond acceptors (Lipinski definition) is 3. The maximum atomic E-state index is 10.7. The van der Waals surface area contributed by atoms with Gasteiger partial charge < -0.3 is 5.73 Å². The lowest BCUT2D eigenvalue weighted by atomic mass is 10.1. The molecule has 19 heavy (non-hydrogen) atoms. The summed E-state index contributed by atoms with van der Waals surface area (Å²) < 4.78 is 22.0. The average Bonchev–Trinajstić information content (AvgIpc) is 2.35. The Bertz CT molecular complexity index is 804. The summed E-state index contributed by atoms with van der Waals surface area (Å²) in [6.45, 7) is 0. The van der Waals surface area contributed by atoms with Crippen LogP contribution in [0.2, 0.25) is 0 Å². The van der Waals surface area contributed by atoms with Gasteiger partial charge in [0.1, 0.15) is 0 Å². The summed E-state index contributed by atoms with van der Waals surface area (Å²) in [5, 5.41) is 1.82. The summed E-state index contributed by atoms with van der Waals surface area (Å²) in [5.74, 6) is 0. The smallest absolute Gasteiger partial charge is 0.259 e. The molecule has 0 bridgehead atoms. The van der Waals surface area contributed by atoms with E-state index in [1.165, 1.54) is 0 Å². The van der Waals surface area contributed by atoms with E-state index in [4.69, 9.17) is 10.3 Å². The third-order valence-corrected chi connectivity index (χ3v) is 3.25. The van der Waals surface area contributed by atoms with Gasteiger partial charge in [0, 0.05) is 22.1 Å². The zero-order valence-corrected chi connectivity index (χ0v) is 10.6. The Balaban J connectivity index is 2.21. The van der Waals surface area contributed by atoms with E-state index in [1.54, 1.807) is 18.2 Å². The van der Waals surface area contributed by atoms with Crippen LogP contribution in [0.3, 0.4) is 0 Å². The lowest BCUT2D eigenvalue weighted by Crippen LogP contribution is -2.01. The molecule has 0 amide bonds. The van der Waals surface area contributed by atoms with Gasteiger partial charge in [-0.3, -0.25) is 9.27 Å². The van der Waals surface area contributed by atoms with Crippen LogP contribution in [0.25, 0.3) is 21.8 Å². The molecule has 2 aromatic carbocycles. The van der Waals surface area contributed by atoms with Gasteiger partial charge in [0.05, 0.1) is 11.0 Å². The molecule has 3 rings (SSSR count). The number of nitrogens with two attached hydrogens (primary N) is 1. The molecule has 3 aromatic rings. The molecule has 0 spiro atoms. The Morgan fingerprint density at radius 3 is 2.47 bits per heavy atom. The topological polar surface area (TPSA) is 88.2 Å². The van der Waals surface area contributed by atoms with Gasteiger partial charge in [0.25, 0.3) is 11.3 Å². The van der Waals surface area contributed by atoms with Crippen molar-refractivity contribution in [2.75, 3.05) is 10.5 Å². The van der Waals surface area contributed by atoms with Crippen molar-refractivity contribution >= 4 is 44.4 Å². The van der Waals surface area contributed by atoms with Gasteiger partial charge in [-0.2, -0.15) is 0 Å². The molecule has 0 fully saturated rings. The fourth-order valence-corrected chi connectivity index (χ4v) is 2.35. The third-order valence-electron chi connectivity index (χ3n) is 2.84. The van der Waals surface area contributed by atoms with E-state index in [0.717, 1.165) is 21.8 Å². The second-order valence-corrected chi connectivity index (χ2v) is 4.90. The summed E-state index contributed by atoms with van der Waals surface area (Å²) in [7, 11) is 0. The van der Waals surface area contributed by atoms with Crippen molar-refractivity contribution in [2.24, 2.45) is 0 Å². The highest BCUT2D eigenvalue weighted by Gasteiger charge is 2.03. The van der Waals surface area contributed by atoms with Crippen LogP contribution < -0.4 is 10.5 Å². The Hall–Kier alpha value is -2.18. The minimum absolute atomic E-state index is 0.568. The molecule has 0 saturated carbocycles.